The first-order valence-electron chi connectivity index (χ1n) is 5.46. The molecule has 0 fully saturated rings. The number of aromatic nitrogens is 1. The van der Waals surface area contributed by atoms with Crippen LogP contribution in [0.5, 0.6) is 0 Å². The molecule has 0 atom stereocenters. The van der Waals surface area contributed by atoms with E-state index in [4.69, 9.17) is 28.9 Å². The number of nitrogen functional groups attached to an aromatic ring is 1. The molecule has 0 aliphatic heterocycles. The van der Waals surface area contributed by atoms with Crippen LogP contribution in [-0.4, -0.2) is 4.98 Å². The fourth-order valence-electron chi connectivity index (χ4n) is 1.54. The van der Waals surface area contributed by atoms with E-state index in [1.807, 2.05) is 6.92 Å². The highest BCUT2D eigenvalue weighted by atomic mass is 35.5. The topological polar surface area (TPSA) is 38.9 Å². The quantitative estimate of drug-likeness (QED) is 0.506. The van der Waals surface area contributed by atoms with Crippen LogP contribution in [0.2, 0.25) is 10.2 Å². The monoisotopic (exact) mass is 316 g/mol. The van der Waals surface area contributed by atoms with Crippen LogP contribution >= 0.6 is 35.0 Å². The maximum atomic E-state index is 13.2. The Morgan fingerprint density at radius 3 is 2.74 bits per heavy atom. The minimum atomic E-state index is -0.323. The summed E-state index contributed by atoms with van der Waals surface area (Å²) in [7, 11) is 0. The first-order chi connectivity index (χ1) is 8.97. The maximum absolute atomic E-state index is 13.2. The molecule has 0 aliphatic rings. The summed E-state index contributed by atoms with van der Waals surface area (Å²) < 4.78 is 13.2. The Morgan fingerprint density at radius 2 is 2.05 bits per heavy atom. The average Bonchev–Trinajstić information content (AvgIpc) is 2.32. The molecule has 1 aromatic heterocycles. The van der Waals surface area contributed by atoms with Crippen molar-refractivity contribution >= 4 is 40.7 Å². The van der Waals surface area contributed by atoms with Crippen LogP contribution < -0.4 is 5.73 Å². The second kappa shape index (κ2) is 5.99. The third kappa shape index (κ3) is 3.53. The van der Waals surface area contributed by atoms with Gasteiger partial charge in [-0.15, -0.1) is 11.8 Å². The standard InChI is InChI=1S/C13H11Cl2FN2S/c1-7-4-10(14)9(13(15)18-7)6-19-12-5-8(16)2-3-11(12)17/h2-5H,6,17H2,1H3. The second-order valence-corrected chi connectivity index (χ2v) is 5.77. The van der Waals surface area contributed by atoms with Crippen LogP contribution in [0.3, 0.4) is 0 Å². The van der Waals surface area contributed by atoms with E-state index in [1.165, 1.54) is 30.0 Å². The highest BCUT2D eigenvalue weighted by Gasteiger charge is 2.10. The molecular weight excluding hydrogens is 306 g/mol. The predicted octanol–water partition coefficient (Wildman–Crippen LogP) is 4.71. The van der Waals surface area contributed by atoms with Gasteiger partial charge in [0.25, 0.3) is 0 Å². The first-order valence-corrected chi connectivity index (χ1v) is 7.21. The minimum absolute atomic E-state index is 0.323. The van der Waals surface area contributed by atoms with Gasteiger partial charge in [-0.05, 0) is 31.2 Å². The van der Waals surface area contributed by atoms with Gasteiger partial charge < -0.3 is 5.73 Å². The molecule has 2 aromatic rings. The molecule has 0 unspecified atom stereocenters. The number of aryl methyl sites for hydroxylation is 1. The Bertz CT molecular complexity index is 597. The van der Waals surface area contributed by atoms with Crippen LogP contribution in [0.1, 0.15) is 11.3 Å². The van der Waals surface area contributed by atoms with Crippen molar-refractivity contribution in [3.63, 3.8) is 0 Å². The molecular formula is C13H11Cl2FN2S. The summed E-state index contributed by atoms with van der Waals surface area (Å²) in [5.41, 5.74) is 7.79. The lowest BCUT2D eigenvalue weighted by molar-refractivity contribution is 0.624. The number of pyridine rings is 1. The van der Waals surface area contributed by atoms with Gasteiger partial charge in [0.15, 0.2) is 0 Å². The predicted molar refractivity (Wildman–Crippen MR) is 79.4 cm³/mol. The number of thioether (sulfide) groups is 1. The Hall–Kier alpha value is -0.970. The van der Waals surface area contributed by atoms with E-state index in [9.17, 15) is 4.39 Å². The van der Waals surface area contributed by atoms with Crippen molar-refractivity contribution in [3.8, 4) is 0 Å². The molecule has 0 bridgehead atoms. The zero-order valence-corrected chi connectivity index (χ0v) is 12.4. The smallest absolute Gasteiger partial charge is 0.134 e. The molecule has 1 heterocycles. The molecule has 0 spiro atoms. The summed E-state index contributed by atoms with van der Waals surface area (Å²) in [4.78, 5) is 4.81. The van der Waals surface area contributed by atoms with E-state index in [0.717, 1.165) is 11.3 Å². The SMILES string of the molecule is Cc1cc(Cl)c(CSc2cc(F)ccc2N)c(Cl)n1. The number of anilines is 1. The van der Waals surface area contributed by atoms with Crippen molar-refractivity contribution in [2.24, 2.45) is 0 Å². The van der Waals surface area contributed by atoms with E-state index in [-0.39, 0.29) is 5.82 Å². The molecule has 0 saturated carbocycles. The van der Waals surface area contributed by atoms with Crippen LogP contribution in [0.25, 0.3) is 0 Å². The van der Waals surface area contributed by atoms with Gasteiger partial charge >= 0.3 is 0 Å². The number of rotatable bonds is 3. The van der Waals surface area contributed by atoms with E-state index < -0.39 is 0 Å². The zero-order chi connectivity index (χ0) is 14.0. The summed E-state index contributed by atoms with van der Waals surface area (Å²) in [6.07, 6.45) is 0. The molecule has 2 nitrogen and oxygen atoms in total. The van der Waals surface area contributed by atoms with E-state index in [2.05, 4.69) is 4.98 Å². The fourth-order valence-corrected chi connectivity index (χ4v) is 3.38. The number of benzene rings is 1. The molecule has 0 radical (unpaired) electrons. The molecule has 100 valence electrons. The van der Waals surface area contributed by atoms with Crippen LogP contribution in [0.15, 0.2) is 29.2 Å². The maximum Gasteiger partial charge on any atom is 0.134 e. The van der Waals surface area contributed by atoms with E-state index >= 15 is 0 Å². The molecule has 2 rings (SSSR count). The average molecular weight is 317 g/mol. The van der Waals surface area contributed by atoms with Crippen LogP contribution in [0, 0.1) is 12.7 Å². The molecule has 0 saturated heterocycles. The number of hydrogen-bond donors (Lipinski definition) is 1. The number of nitrogens with zero attached hydrogens (tertiary/aromatic N) is 1. The fraction of sp³-hybridized carbons (Fsp3) is 0.154. The Morgan fingerprint density at radius 1 is 1.32 bits per heavy atom. The second-order valence-electron chi connectivity index (χ2n) is 3.99. The highest BCUT2D eigenvalue weighted by molar-refractivity contribution is 7.98. The van der Waals surface area contributed by atoms with Crippen molar-refractivity contribution in [1.82, 2.24) is 4.98 Å². The van der Waals surface area contributed by atoms with Crippen molar-refractivity contribution in [2.45, 2.75) is 17.6 Å². The molecule has 0 amide bonds. The Balaban J connectivity index is 2.21. The molecule has 1 aromatic carbocycles. The zero-order valence-electron chi connectivity index (χ0n) is 10.1. The van der Waals surface area contributed by atoms with Gasteiger partial charge in [-0.25, -0.2) is 9.37 Å². The number of nitrogens with two attached hydrogens (primary N) is 1. The largest absolute Gasteiger partial charge is 0.398 e. The van der Waals surface area contributed by atoms with Crippen molar-refractivity contribution < 1.29 is 4.39 Å². The molecule has 6 heteroatoms. The van der Waals surface area contributed by atoms with Crippen LogP contribution in [-0.2, 0) is 5.75 Å². The van der Waals surface area contributed by atoms with E-state index in [1.54, 1.807) is 6.07 Å². The van der Waals surface area contributed by atoms with Gasteiger partial charge in [0.1, 0.15) is 11.0 Å². The summed E-state index contributed by atoms with van der Waals surface area (Å²) in [6.45, 7) is 1.82. The third-order valence-electron chi connectivity index (χ3n) is 2.50. The number of halogens is 3. The van der Waals surface area contributed by atoms with Gasteiger partial charge in [-0.3, -0.25) is 0 Å². The summed E-state index contributed by atoms with van der Waals surface area (Å²) in [6, 6.07) is 6.00. The van der Waals surface area contributed by atoms with Crippen molar-refractivity contribution in [2.75, 3.05) is 5.73 Å². The van der Waals surface area contributed by atoms with Crippen molar-refractivity contribution in [1.29, 1.82) is 0 Å². The lowest BCUT2D eigenvalue weighted by Crippen LogP contribution is -1.93. The van der Waals surface area contributed by atoms with Gasteiger partial charge in [-0.1, -0.05) is 23.2 Å². The van der Waals surface area contributed by atoms with Gasteiger partial charge in [0.05, 0.1) is 0 Å². The Labute approximate surface area is 125 Å². The van der Waals surface area contributed by atoms with Gasteiger partial charge in [-0.2, -0.15) is 0 Å². The lowest BCUT2D eigenvalue weighted by atomic mass is 10.3. The molecule has 0 aliphatic carbocycles. The summed E-state index contributed by atoms with van der Waals surface area (Å²) in [5, 5.41) is 0.924. The molecule has 2 N–H and O–H groups in total. The normalized spacial score (nSPS) is 10.7. The van der Waals surface area contributed by atoms with Gasteiger partial charge in [0.2, 0.25) is 0 Å². The third-order valence-corrected chi connectivity index (χ3v) is 4.24. The van der Waals surface area contributed by atoms with Crippen LogP contribution in [0.4, 0.5) is 10.1 Å². The Kier molecular flexibility index (Phi) is 4.55. The van der Waals surface area contributed by atoms with Crippen molar-refractivity contribution in [3.05, 3.63) is 51.5 Å². The minimum Gasteiger partial charge on any atom is -0.398 e. The lowest BCUT2D eigenvalue weighted by Gasteiger charge is -2.09. The summed E-state index contributed by atoms with van der Waals surface area (Å²) >= 11 is 13.6. The van der Waals surface area contributed by atoms with Gasteiger partial charge in [0, 0.05) is 32.6 Å². The highest BCUT2D eigenvalue weighted by Crippen LogP contribution is 2.33. The summed E-state index contributed by atoms with van der Waals surface area (Å²) in [5.74, 6) is 0.162. The number of hydrogen-bond acceptors (Lipinski definition) is 3. The van der Waals surface area contributed by atoms with E-state index in [0.29, 0.717) is 26.5 Å². The first kappa shape index (κ1) is 14.4. The molecule has 19 heavy (non-hydrogen) atoms.